The molecule has 1 heterocycles. The molecule has 0 saturated heterocycles. The number of ether oxygens (including phenoxy) is 2. The lowest BCUT2D eigenvalue weighted by Gasteiger charge is -2.24. The van der Waals surface area contributed by atoms with E-state index in [0.29, 0.717) is 5.92 Å². The van der Waals surface area contributed by atoms with Gasteiger partial charge in [-0.3, -0.25) is 0 Å². The number of carbonyl (C=O) groups is 2. The highest BCUT2D eigenvalue weighted by Crippen LogP contribution is 2.28. The van der Waals surface area contributed by atoms with Crippen LogP contribution in [0.4, 0.5) is 4.79 Å². The summed E-state index contributed by atoms with van der Waals surface area (Å²) in [5, 5.41) is 0. The molecule has 5 heteroatoms. The molecule has 2 rings (SSSR count). The molecule has 1 aromatic heterocycles. The zero-order valence-electron chi connectivity index (χ0n) is 14.6. The van der Waals surface area contributed by atoms with Crippen molar-refractivity contribution in [3.63, 3.8) is 0 Å². The quantitative estimate of drug-likeness (QED) is 0.784. The fourth-order valence-corrected chi connectivity index (χ4v) is 3.11. The average molecular weight is 321 g/mol. The first-order valence-electron chi connectivity index (χ1n) is 8.34. The van der Waals surface area contributed by atoms with E-state index in [4.69, 9.17) is 9.47 Å². The predicted molar refractivity (Wildman–Crippen MR) is 87.7 cm³/mol. The van der Waals surface area contributed by atoms with Crippen molar-refractivity contribution in [2.24, 2.45) is 5.92 Å². The number of rotatable bonds is 3. The molecule has 0 amide bonds. The van der Waals surface area contributed by atoms with Crippen LogP contribution in [0, 0.1) is 5.92 Å². The zero-order chi connectivity index (χ0) is 17.0. The van der Waals surface area contributed by atoms with E-state index in [1.807, 2.05) is 26.8 Å². The van der Waals surface area contributed by atoms with Crippen LogP contribution in [-0.2, 0) is 15.9 Å². The number of aromatic nitrogens is 1. The summed E-state index contributed by atoms with van der Waals surface area (Å²) < 4.78 is 11.6. The molecule has 1 aliphatic carbocycles. The van der Waals surface area contributed by atoms with Crippen LogP contribution in [0.5, 0.6) is 0 Å². The number of hydrogen-bond acceptors (Lipinski definition) is 4. The lowest BCUT2D eigenvalue weighted by Crippen LogP contribution is -2.30. The first-order valence-corrected chi connectivity index (χ1v) is 8.34. The van der Waals surface area contributed by atoms with E-state index in [9.17, 15) is 9.59 Å². The first kappa shape index (κ1) is 17.6. The highest BCUT2D eigenvalue weighted by Gasteiger charge is 2.27. The van der Waals surface area contributed by atoms with Gasteiger partial charge < -0.3 is 9.47 Å². The summed E-state index contributed by atoms with van der Waals surface area (Å²) in [5.41, 5.74) is 0.440. The van der Waals surface area contributed by atoms with Gasteiger partial charge in [-0.15, -0.1) is 0 Å². The van der Waals surface area contributed by atoms with Gasteiger partial charge in [0.2, 0.25) is 0 Å². The summed E-state index contributed by atoms with van der Waals surface area (Å²) in [4.78, 5) is 24.5. The molecule has 128 valence electrons. The molecule has 0 bridgehead atoms. The third-order valence-electron chi connectivity index (χ3n) is 4.15. The molecule has 1 fully saturated rings. The molecule has 1 saturated carbocycles. The van der Waals surface area contributed by atoms with Crippen LogP contribution >= 0.6 is 0 Å². The Kier molecular flexibility index (Phi) is 5.50. The molecule has 0 radical (unpaired) electrons. The van der Waals surface area contributed by atoms with Gasteiger partial charge in [-0.1, -0.05) is 32.1 Å². The van der Waals surface area contributed by atoms with Crippen molar-refractivity contribution in [2.75, 3.05) is 7.11 Å². The molecule has 23 heavy (non-hydrogen) atoms. The topological polar surface area (TPSA) is 57.5 Å². The fraction of sp³-hybridized carbons (Fsp3) is 0.667. The molecule has 0 aliphatic heterocycles. The highest BCUT2D eigenvalue weighted by molar-refractivity contribution is 5.92. The van der Waals surface area contributed by atoms with Gasteiger partial charge in [0.05, 0.1) is 7.11 Å². The SMILES string of the molecule is COC(=O)c1ccc(CC2CCCCC2)n1C(=O)OC(C)(C)C. The van der Waals surface area contributed by atoms with Gasteiger partial charge in [-0.2, -0.15) is 0 Å². The van der Waals surface area contributed by atoms with E-state index in [0.717, 1.165) is 12.1 Å². The van der Waals surface area contributed by atoms with Crippen LogP contribution in [0.15, 0.2) is 12.1 Å². The molecule has 0 aromatic carbocycles. The van der Waals surface area contributed by atoms with Crippen LogP contribution in [-0.4, -0.2) is 29.3 Å². The Hall–Kier alpha value is -1.78. The van der Waals surface area contributed by atoms with Gasteiger partial charge in [0.15, 0.2) is 0 Å². The molecule has 0 atom stereocenters. The summed E-state index contributed by atoms with van der Waals surface area (Å²) in [7, 11) is 1.32. The van der Waals surface area contributed by atoms with Gasteiger partial charge in [-0.25, -0.2) is 14.2 Å². The minimum atomic E-state index is -0.614. The maximum Gasteiger partial charge on any atom is 0.419 e. The zero-order valence-corrected chi connectivity index (χ0v) is 14.6. The number of hydrogen-bond donors (Lipinski definition) is 0. The Balaban J connectivity index is 2.28. The lowest BCUT2D eigenvalue weighted by atomic mass is 9.86. The van der Waals surface area contributed by atoms with Gasteiger partial charge in [0.25, 0.3) is 0 Å². The van der Waals surface area contributed by atoms with Gasteiger partial charge in [-0.05, 0) is 45.2 Å². The summed E-state index contributed by atoms with van der Waals surface area (Å²) in [5.74, 6) is 0.0380. The van der Waals surface area contributed by atoms with E-state index < -0.39 is 17.7 Å². The van der Waals surface area contributed by atoms with E-state index in [1.165, 1.54) is 43.8 Å². The summed E-state index contributed by atoms with van der Waals surface area (Å²) in [6, 6.07) is 3.48. The van der Waals surface area contributed by atoms with E-state index in [2.05, 4.69) is 0 Å². The largest absolute Gasteiger partial charge is 0.464 e. The Morgan fingerprint density at radius 3 is 2.39 bits per heavy atom. The van der Waals surface area contributed by atoms with Crippen LogP contribution < -0.4 is 0 Å². The lowest BCUT2D eigenvalue weighted by molar-refractivity contribution is 0.0478. The Morgan fingerprint density at radius 2 is 1.83 bits per heavy atom. The van der Waals surface area contributed by atoms with Crippen molar-refractivity contribution < 1.29 is 19.1 Å². The van der Waals surface area contributed by atoms with Crippen LogP contribution in [0.1, 0.15) is 69.1 Å². The second-order valence-electron chi connectivity index (χ2n) is 7.23. The van der Waals surface area contributed by atoms with Crippen molar-refractivity contribution >= 4 is 12.1 Å². The molecule has 1 aromatic rings. The van der Waals surface area contributed by atoms with E-state index in [-0.39, 0.29) is 5.69 Å². The smallest absolute Gasteiger partial charge is 0.419 e. The van der Waals surface area contributed by atoms with Crippen LogP contribution in [0.2, 0.25) is 0 Å². The maximum atomic E-state index is 12.6. The van der Waals surface area contributed by atoms with Gasteiger partial charge in [0, 0.05) is 5.69 Å². The van der Waals surface area contributed by atoms with Crippen LogP contribution in [0.25, 0.3) is 0 Å². The number of esters is 1. The second-order valence-corrected chi connectivity index (χ2v) is 7.23. The van der Waals surface area contributed by atoms with E-state index in [1.54, 1.807) is 6.07 Å². The standard InChI is InChI=1S/C18H27NO4/c1-18(2,3)23-17(21)19-14(10-11-15(19)16(20)22-4)12-13-8-6-5-7-9-13/h10-11,13H,5-9,12H2,1-4H3. The molecule has 0 unspecified atom stereocenters. The van der Waals surface area contributed by atoms with Gasteiger partial charge >= 0.3 is 12.1 Å². The minimum absolute atomic E-state index is 0.229. The summed E-state index contributed by atoms with van der Waals surface area (Å²) in [6.45, 7) is 5.44. The number of nitrogens with zero attached hydrogens (tertiary/aromatic N) is 1. The van der Waals surface area contributed by atoms with Crippen molar-refractivity contribution in [1.29, 1.82) is 0 Å². The molecule has 1 aliphatic rings. The Bertz CT molecular complexity index is 562. The van der Waals surface area contributed by atoms with Gasteiger partial charge in [0.1, 0.15) is 11.3 Å². The summed E-state index contributed by atoms with van der Waals surface area (Å²) >= 11 is 0. The monoisotopic (exact) mass is 321 g/mol. The van der Waals surface area contributed by atoms with Crippen molar-refractivity contribution in [3.05, 3.63) is 23.5 Å². The number of methoxy groups -OCH3 is 1. The Morgan fingerprint density at radius 1 is 1.17 bits per heavy atom. The Labute approximate surface area is 138 Å². The van der Waals surface area contributed by atoms with Crippen molar-refractivity contribution in [1.82, 2.24) is 4.57 Å². The van der Waals surface area contributed by atoms with Crippen molar-refractivity contribution in [2.45, 2.75) is 64.9 Å². The fourth-order valence-electron chi connectivity index (χ4n) is 3.11. The normalized spacial score (nSPS) is 16.2. The summed E-state index contributed by atoms with van der Waals surface area (Å²) in [6.07, 6.45) is 6.38. The third-order valence-corrected chi connectivity index (χ3v) is 4.15. The molecular weight excluding hydrogens is 294 g/mol. The average Bonchev–Trinajstić information content (AvgIpc) is 2.89. The first-order chi connectivity index (χ1) is 10.8. The predicted octanol–water partition coefficient (Wildman–Crippen LogP) is 4.18. The molecule has 0 spiro atoms. The van der Waals surface area contributed by atoms with Crippen molar-refractivity contribution in [3.8, 4) is 0 Å². The number of carbonyl (C=O) groups excluding carboxylic acids is 2. The molecule has 5 nitrogen and oxygen atoms in total. The van der Waals surface area contributed by atoms with Crippen LogP contribution in [0.3, 0.4) is 0 Å². The minimum Gasteiger partial charge on any atom is -0.464 e. The second kappa shape index (κ2) is 7.20. The third kappa shape index (κ3) is 4.60. The maximum absolute atomic E-state index is 12.6. The highest BCUT2D eigenvalue weighted by atomic mass is 16.6. The molecular formula is C18H27NO4. The molecule has 0 N–H and O–H groups in total. The van der Waals surface area contributed by atoms with E-state index >= 15 is 0 Å².